The van der Waals surface area contributed by atoms with Gasteiger partial charge in [0.1, 0.15) is 5.75 Å². The van der Waals surface area contributed by atoms with Gasteiger partial charge >= 0.3 is 0 Å². The van der Waals surface area contributed by atoms with E-state index in [1.165, 1.54) is 11.1 Å². The van der Waals surface area contributed by atoms with Gasteiger partial charge in [0.2, 0.25) is 0 Å². The third kappa shape index (κ3) is 2.28. The van der Waals surface area contributed by atoms with Crippen molar-refractivity contribution >= 4 is 17.3 Å². The van der Waals surface area contributed by atoms with Gasteiger partial charge in [0.15, 0.2) is 0 Å². The quantitative estimate of drug-likeness (QED) is 0.597. The number of ether oxygens (including phenoxy) is 1. The Bertz CT molecular complexity index is 299. The number of alkyl halides is 1. The van der Waals surface area contributed by atoms with Gasteiger partial charge in [-0.2, -0.15) is 0 Å². The third-order valence-electron chi connectivity index (χ3n) is 2.07. The average molecular weight is 200 g/mol. The highest BCUT2D eigenvalue weighted by Gasteiger charge is 2.04. The Balaban J connectivity index is 3.09. The van der Waals surface area contributed by atoms with Crippen molar-refractivity contribution in [3.63, 3.8) is 0 Å². The number of benzene rings is 1. The lowest BCUT2D eigenvalue weighted by Crippen LogP contribution is -1.99. The summed E-state index contributed by atoms with van der Waals surface area (Å²) < 4.78 is 5.21. The van der Waals surface area contributed by atoms with Gasteiger partial charge in [-0.3, -0.25) is 0 Å². The minimum atomic E-state index is 0.388. The van der Waals surface area contributed by atoms with Gasteiger partial charge in [-0.15, -0.1) is 11.6 Å². The zero-order chi connectivity index (χ0) is 9.84. The smallest absolute Gasteiger partial charge is 0.142 e. The van der Waals surface area contributed by atoms with E-state index in [9.17, 15) is 0 Å². The predicted molar refractivity (Wildman–Crippen MR) is 56.8 cm³/mol. The normalized spacial score (nSPS) is 9.85. The maximum atomic E-state index is 5.59. The van der Waals surface area contributed by atoms with Crippen LogP contribution in [0.25, 0.3) is 0 Å². The Morgan fingerprint density at radius 1 is 1.31 bits per heavy atom. The molecule has 72 valence electrons. The van der Waals surface area contributed by atoms with Crippen LogP contribution in [0, 0.1) is 13.8 Å². The van der Waals surface area contributed by atoms with Crippen molar-refractivity contribution in [3.05, 3.63) is 23.3 Å². The summed E-state index contributed by atoms with van der Waals surface area (Å²) in [5.74, 6) is 0.837. The Hall–Kier alpha value is -0.890. The molecule has 0 amide bonds. The highest BCUT2D eigenvalue weighted by Crippen LogP contribution is 2.27. The number of halogens is 1. The lowest BCUT2D eigenvalue weighted by molar-refractivity contribution is 0.416. The second kappa shape index (κ2) is 4.38. The highest BCUT2D eigenvalue weighted by molar-refractivity contribution is 6.18. The maximum absolute atomic E-state index is 5.59. The van der Waals surface area contributed by atoms with E-state index in [1.807, 2.05) is 12.1 Å². The molecular formula is C10H14ClNO. The van der Waals surface area contributed by atoms with Crippen LogP contribution in [0.1, 0.15) is 11.1 Å². The molecule has 0 unspecified atom stereocenters. The molecule has 0 heterocycles. The van der Waals surface area contributed by atoms with E-state index in [1.54, 1.807) is 7.11 Å². The zero-order valence-corrected chi connectivity index (χ0v) is 8.90. The molecule has 0 aliphatic rings. The van der Waals surface area contributed by atoms with Crippen LogP contribution < -0.4 is 10.1 Å². The number of hydrogen-bond donors (Lipinski definition) is 1. The summed E-state index contributed by atoms with van der Waals surface area (Å²) in [7, 11) is 1.66. The van der Waals surface area contributed by atoms with Gasteiger partial charge in [-0.25, -0.2) is 0 Å². The molecule has 0 aliphatic heterocycles. The molecule has 0 saturated carbocycles. The largest absolute Gasteiger partial charge is 0.495 e. The predicted octanol–water partition coefficient (Wildman–Crippen LogP) is 2.92. The molecule has 0 saturated heterocycles. The first-order valence-corrected chi connectivity index (χ1v) is 4.67. The van der Waals surface area contributed by atoms with Gasteiger partial charge < -0.3 is 10.1 Å². The number of rotatable bonds is 3. The average Bonchev–Trinajstić information content (AvgIpc) is 2.11. The second-order valence-electron chi connectivity index (χ2n) is 2.95. The summed E-state index contributed by atoms with van der Waals surface area (Å²) >= 11 is 5.59. The van der Waals surface area contributed by atoms with Gasteiger partial charge in [-0.1, -0.05) is 0 Å². The summed E-state index contributed by atoms with van der Waals surface area (Å²) in [5, 5.41) is 3.04. The van der Waals surface area contributed by atoms with Gasteiger partial charge in [0, 0.05) is 0 Å². The van der Waals surface area contributed by atoms with Gasteiger partial charge in [-0.05, 0) is 37.1 Å². The van der Waals surface area contributed by atoms with E-state index in [2.05, 4.69) is 19.2 Å². The Morgan fingerprint density at radius 2 is 1.92 bits per heavy atom. The summed E-state index contributed by atoms with van der Waals surface area (Å²) in [4.78, 5) is 0. The van der Waals surface area contributed by atoms with E-state index in [0.29, 0.717) is 6.00 Å². The van der Waals surface area contributed by atoms with Crippen molar-refractivity contribution in [1.82, 2.24) is 0 Å². The Morgan fingerprint density at radius 3 is 2.46 bits per heavy atom. The van der Waals surface area contributed by atoms with Gasteiger partial charge in [0.05, 0.1) is 18.8 Å². The fraction of sp³-hybridized carbons (Fsp3) is 0.400. The SMILES string of the molecule is COc1cc(C)c(C)cc1NCCl. The maximum Gasteiger partial charge on any atom is 0.142 e. The standard InChI is InChI=1S/C10H14ClNO/c1-7-4-9(12-6-11)10(13-3)5-8(7)2/h4-5,12H,6H2,1-3H3. The number of hydrogen-bond acceptors (Lipinski definition) is 2. The molecule has 0 bridgehead atoms. The number of nitrogens with one attached hydrogen (secondary N) is 1. The molecule has 1 N–H and O–H groups in total. The summed E-state index contributed by atoms with van der Waals surface area (Å²) in [6, 6.07) is 4.43. The second-order valence-corrected chi connectivity index (χ2v) is 3.21. The molecule has 0 radical (unpaired) electrons. The first-order valence-electron chi connectivity index (χ1n) is 4.14. The van der Waals surface area contributed by atoms with E-state index in [4.69, 9.17) is 16.3 Å². The van der Waals surface area contributed by atoms with Crippen molar-refractivity contribution in [3.8, 4) is 5.75 Å². The van der Waals surface area contributed by atoms with E-state index < -0.39 is 0 Å². The van der Waals surface area contributed by atoms with Crippen molar-refractivity contribution in [2.75, 3.05) is 18.4 Å². The van der Waals surface area contributed by atoms with Crippen LogP contribution in [-0.2, 0) is 0 Å². The lowest BCUT2D eigenvalue weighted by Gasteiger charge is -2.11. The van der Waals surface area contributed by atoms with Crippen molar-refractivity contribution in [2.45, 2.75) is 13.8 Å². The van der Waals surface area contributed by atoms with Gasteiger partial charge in [0.25, 0.3) is 0 Å². The Kier molecular flexibility index (Phi) is 3.43. The van der Waals surface area contributed by atoms with Crippen LogP contribution >= 0.6 is 11.6 Å². The van der Waals surface area contributed by atoms with E-state index in [0.717, 1.165) is 11.4 Å². The van der Waals surface area contributed by atoms with Crippen molar-refractivity contribution < 1.29 is 4.74 Å². The van der Waals surface area contributed by atoms with Crippen LogP contribution in [0.2, 0.25) is 0 Å². The first kappa shape index (κ1) is 10.2. The minimum Gasteiger partial charge on any atom is -0.495 e. The van der Waals surface area contributed by atoms with Crippen molar-refractivity contribution in [2.24, 2.45) is 0 Å². The molecule has 1 rings (SSSR count). The summed E-state index contributed by atoms with van der Waals surface area (Å²) in [6.07, 6.45) is 0. The van der Waals surface area contributed by atoms with Crippen LogP contribution in [0.3, 0.4) is 0 Å². The van der Waals surface area contributed by atoms with E-state index >= 15 is 0 Å². The lowest BCUT2D eigenvalue weighted by atomic mass is 10.1. The molecule has 1 aromatic carbocycles. The molecular weight excluding hydrogens is 186 g/mol. The fourth-order valence-electron chi connectivity index (χ4n) is 1.17. The number of aryl methyl sites for hydroxylation is 2. The molecule has 0 atom stereocenters. The molecule has 0 spiro atoms. The topological polar surface area (TPSA) is 21.3 Å². The molecule has 0 aromatic heterocycles. The molecule has 1 aromatic rings. The van der Waals surface area contributed by atoms with Crippen molar-refractivity contribution in [1.29, 1.82) is 0 Å². The first-order chi connectivity index (χ1) is 6.19. The van der Waals surface area contributed by atoms with Crippen LogP contribution in [0.15, 0.2) is 12.1 Å². The third-order valence-corrected chi connectivity index (χ3v) is 2.21. The molecule has 13 heavy (non-hydrogen) atoms. The van der Waals surface area contributed by atoms with Crippen LogP contribution in [0.5, 0.6) is 5.75 Å². The number of methoxy groups -OCH3 is 1. The van der Waals surface area contributed by atoms with Crippen LogP contribution in [-0.4, -0.2) is 13.1 Å². The van der Waals surface area contributed by atoms with Crippen LogP contribution in [0.4, 0.5) is 5.69 Å². The van der Waals surface area contributed by atoms with E-state index in [-0.39, 0.29) is 0 Å². The molecule has 0 aliphatic carbocycles. The number of anilines is 1. The summed E-state index contributed by atoms with van der Waals surface area (Å²) in [5.41, 5.74) is 3.39. The summed E-state index contributed by atoms with van der Waals surface area (Å²) in [6.45, 7) is 4.12. The zero-order valence-electron chi connectivity index (χ0n) is 8.15. The molecule has 2 nitrogen and oxygen atoms in total. The molecule has 0 fully saturated rings. The molecule has 3 heteroatoms. The minimum absolute atomic E-state index is 0.388. The highest BCUT2D eigenvalue weighted by atomic mass is 35.5. The monoisotopic (exact) mass is 199 g/mol. The fourth-order valence-corrected chi connectivity index (χ4v) is 1.31. The Labute approximate surface area is 83.9 Å².